The molecule has 1 aliphatic heterocycles. The summed E-state index contributed by atoms with van der Waals surface area (Å²) < 4.78 is 53.5. The third-order valence-electron chi connectivity index (χ3n) is 5.42. The van der Waals surface area contributed by atoms with Crippen molar-refractivity contribution in [1.82, 2.24) is 4.98 Å². The molecule has 1 amide bonds. The second kappa shape index (κ2) is 8.03. The maximum atomic E-state index is 14.7. The number of hydrogen-bond acceptors (Lipinski definition) is 7. The number of rotatable bonds is 6. The molecule has 2 heterocycles. The number of nitriles is 1. The molecule has 32 heavy (non-hydrogen) atoms. The summed E-state index contributed by atoms with van der Waals surface area (Å²) in [5.41, 5.74) is 3.63. The quantitative estimate of drug-likeness (QED) is 0.705. The number of fused-ring (bicyclic) bond motifs is 1. The van der Waals surface area contributed by atoms with Crippen LogP contribution in [0.15, 0.2) is 35.5 Å². The van der Waals surface area contributed by atoms with E-state index in [0.29, 0.717) is 11.3 Å². The highest BCUT2D eigenvalue weighted by atomic mass is 19.3. The summed E-state index contributed by atoms with van der Waals surface area (Å²) in [5.74, 6) is -1.92. The number of nitrogens with two attached hydrogens (primary N) is 1. The number of ether oxygens (including phenoxy) is 2. The molecule has 11 heteroatoms. The Morgan fingerprint density at radius 1 is 1.47 bits per heavy atom. The van der Waals surface area contributed by atoms with Crippen LogP contribution in [0.4, 0.5) is 18.9 Å². The SMILES string of the molecule is Cc1cc(OCC#N)cnc1C(=O)Nc1ccc(F)c([C@@]2(C(F)F)N=C(N)O[C@@H]3C[C@@H]32)c1. The van der Waals surface area contributed by atoms with Crippen LogP contribution in [-0.4, -0.2) is 36.0 Å². The normalized spacial score (nSPS) is 23.4. The van der Waals surface area contributed by atoms with E-state index in [0.717, 1.165) is 12.1 Å². The number of carbonyl (C=O) groups is 1. The topological polar surface area (TPSA) is 123 Å². The summed E-state index contributed by atoms with van der Waals surface area (Å²) in [6.07, 6.45) is -2.03. The Morgan fingerprint density at radius 2 is 2.25 bits per heavy atom. The number of hydrogen-bond donors (Lipinski definition) is 2. The zero-order chi connectivity index (χ0) is 23.0. The van der Waals surface area contributed by atoms with Crippen molar-refractivity contribution in [3.63, 3.8) is 0 Å². The van der Waals surface area contributed by atoms with E-state index in [4.69, 9.17) is 20.5 Å². The van der Waals surface area contributed by atoms with Crippen molar-refractivity contribution in [3.8, 4) is 11.8 Å². The first-order valence-corrected chi connectivity index (χ1v) is 9.64. The molecule has 1 aromatic heterocycles. The lowest BCUT2D eigenvalue weighted by Gasteiger charge is -2.33. The number of amidine groups is 1. The Bertz CT molecular complexity index is 1150. The van der Waals surface area contributed by atoms with Crippen molar-refractivity contribution in [1.29, 1.82) is 5.26 Å². The minimum absolute atomic E-state index is 0.0549. The molecular formula is C21H18F3N5O3. The van der Waals surface area contributed by atoms with E-state index < -0.39 is 41.7 Å². The van der Waals surface area contributed by atoms with Crippen molar-refractivity contribution in [2.45, 2.75) is 31.4 Å². The molecule has 0 radical (unpaired) electrons. The number of anilines is 1. The van der Waals surface area contributed by atoms with Gasteiger partial charge in [0.15, 0.2) is 12.1 Å². The van der Waals surface area contributed by atoms with Crippen LogP contribution in [0.5, 0.6) is 5.75 Å². The highest BCUT2D eigenvalue weighted by molar-refractivity contribution is 6.03. The zero-order valence-electron chi connectivity index (χ0n) is 16.8. The maximum Gasteiger partial charge on any atom is 0.283 e. The van der Waals surface area contributed by atoms with Gasteiger partial charge in [-0.05, 0) is 43.2 Å². The zero-order valence-corrected chi connectivity index (χ0v) is 16.8. The Labute approximate surface area is 180 Å². The van der Waals surface area contributed by atoms with Gasteiger partial charge in [-0.15, -0.1) is 0 Å². The van der Waals surface area contributed by atoms with Crippen LogP contribution in [0.1, 0.15) is 28.0 Å². The predicted octanol–water partition coefficient (Wildman–Crippen LogP) is 2.88. The first-order valence-electron chi connectivity index (χ1n) is 9.64. The fourth-order valence-electron chi connectivity index (χ4n) is 3.88. The largest absolute Gasteiger partial charge is 0.477 e. The van der Waals surface area contributed by atoms with Gasteiger partial charge in [0.25, 0.3) is 18.4 Å². The molecule has 1 aliphatic carbocycles. The van der Waals surface area contributed by atoms with E-state index >= 15 is 0 Å². The van der Waals surface area contributed by atoms with Crippen molar-refractivity contribution in [2.24, 2.45) is 16.6 Å². The van der Waals surface area contributed by atoms with Crippen LogP contribution in [0.25, 0.3) is 0 Å². The maximum absolute atomic E-state index is 14.7. The fraction of sp³-hybridized carbons (Fsp3) is 0.333. The Morgan fingerprint density at radius 3 is 2.94 bits per heavy atom. The number of nitrogens with zero attached hydrogens (tertiary/aromatic N) is 3. The molecule has 8 nitrogen and oxygen atoms in total. The summed E-state index contributed by atoms with van der Waals surface area (Å²) in [7, 11) is 0. The second-order valence-corrected chi connectivity index (χ2v) is 7.51. The van der Waals surface area contributed by atoms with E-state index in [2.05, 4.69) is 15.3 Å². The molecular weight excluding hydrogens is 427 g/mol. The fourth-order valence-corrected chi connectivity index (χ4v) is 3.88. The van der Waals surface area contributed by atoms with Gasteiger partial charge in [0.05, 0.1) is 6.20 Å². The van der Waals surface area contributed by atoms with E-state index in [1.165, 1.54) is 18.3 Å². The summed E-state index contributed by atoms with van der Waals surface area (Å²) in [6.45, 7) is 1.45. The van der Waals surface area contributed by atoms with Gasteiger partial charge in [0.2, 0.25) is 0 Å². The highest BCUT2D eigenvalue weighted by Gasteiger charge is 2.64. The minimum Gasteiger partial charge on any atom is -0.477 e. The average molecular weight is 445 g/mol. The van der Waals surface area contributed by atoms with Crippen LogP contribution in [0.3, 0.4) is 0 Å². The lowest BCUT2D eigenvalue weighted by Crippen LogP contribution is -2.43. The molecule has 0 bridgehead atoms. The van der Waals surface area contributed by atoms with Gasteiger partial charge in [-0.3, -0.25) is 4.79 Å². The smallest absolute Gasteiger partial charge is 0.283 e. The number of aromatic nitrogens is 1. The van der Waals surface area contributed by atoms with Crippen LogP contribution in [-0.2, 0) is 10.3 Å². The third-order valence-corrected chi connectivity index (χ3v) is 5.42. The van der Waals surface area contributed by atoms with E-state index in [1.54, 1.807) is 6.92 Å². The number of nitrogens with one attached hydrogen (secondary N) is 1. The molecule has 0 unspecified atom stereocenters. The molecule has 3 atom stereocenters. The van der Waals surface area contributed by atoms with Crippen LogP contribution >= 0.6 is 0 Å². The van der Waals surface area contributed by atoms with Gasteiger partial charge >= 0.3 is 0 Å². The van der Waals surface area contributed by atoms with Gasteiger partial charge in [-0.1, -0.05) is 0 Å². The van der Waals surface area contributed by atoms with Crippen molar-refractivity contribution < 1.29 is 27.4 Å². The van der Waals surface area contributed by atoms with Crippen molar-refractivity contribution in [3.05, 3.63) is 53.1 Å². The molecule has 1 aromatic carbocycles. The lowest BCUT2D eigenvalue weighted by molar-refractivity contribution is 0.0177. The molecule has 166 valence electrons. The Kier molecular flexibility index (Phi) is 5.38. The van der Waals surface area contributed by atoms with E-state index in [1.807, 2.05) is 6.07 Å². The first kappa shape index (κ1) is 21.4. The standard InChI is InChI=1S/C21H18F3N5O3/c1-10-6-12(31-5-4-25)9-27-17(10)18(30)28-11-2-3-15(22)13(7-11)21(19(23)24)14-8-16(14)32-20(26)29-21/h2-3,6-7,9,14,16,19H,5,8H2,1H3,(H2,26,29)(H,28,30)/t14-,16+,21+/m0/s1. The van der Waals surface area contributed by atoms with Gasteiger partial charge in [0.1, 0.15) is 29.4 Å². The van der Waals surface area contributed by atoms with Crippen LogP contribution in [0, 0.1) is 30.0 Å². The van der Waals surface area contributed by atoms with Crippen LogP contribution < -0.4 is 15.8 Å². The van der Waals surface area contributed by atoms with E-state index in [9.17, 15) is 18.0 Å². The summed E-state index contributed by atoms with van der Waals surface area (Å²) in [4.78, 5) is 20.5. The molecule has 0 saturated heterocycles. The molecule has 3 N–H and O–H groups in total. The van der Waals surface area contributed by atoms with Crippen LogP contribution in [0.2, 0.25) is 0 Å². The van der Waals surface area contributed by atoms with E-state index in [-0.39, 0.29) is 30.0 Å². The van der Waals surface area contributed by atoms with Gasteiger partial charge in [0, 0.05) is 17.2 Å². The molecule has 2 aromatic rings. The Hall–Kier alpha value is -3.81. The predicted molar refractivity (Wildman–Crippen MR) is 107 cm³/mol. The third kappa shape index (κ3) is 3.68. The van der Waals surface area contributed by atoms with Gasteiger partial charge in [-0.25, -0.2) is 23.1 Å². The number of aliphatic imine (C=N–C) groups is 1. The van der Waals surface area contributed by atoms with Gasteiger partial charge in [-0.2, -0.15) is 5.26 Å². The minimum atomic E-state index is -3.04. The van der Waals surface area contributed by atoms with Crippen molar-refractivity contribution in [2.75, 3.05) is 11.9 Å². The molecule has 1 saturated carbocycles. The number of pyridine rings is 1. The average Bonchev–Trinajstić information content (AvgIpc) is 3.52. The summed E-state index contributed by atoms with van der Waals surface area (Å²) in [5, 5.41) is 11.1. The monoisotopic (exact) mass is 445 g/mol. The Balaban J connectivity index is 1.63. The number of amides is 1. The number of aryl methyl sites for hydroxylation is 1. The lowest BCUT2D eigenvalue weighted by atomic mass is 9.84. The summed E-state index contributed by atoms with van der Waals surface area (Å²) in [6, 6.07) is 6.32. The molecule has 0 spiro atoms. The number of halogens is 3. The highest BCUT2D eigenvalue weighted by Crippen LogP contribution is 2.56. The number of alkyl halides is 2. The number of benzene rings is 1. The number of carbonyl (C=O) groups excluding carboxylic acids is 1. The second-order valence-electron chi connectivity index (χ2n) is 7.51. The van der Waals surface area contributed by atoms with Crippen molar-refractivity contribution >= 4 is 17.6 Å². The molecule has 4 rings (SSSR count). The first-order chi connectivity index (χ1) is 15.3. The summed E-state index contributed by atoms with van der Waals surface area (Å²) >= 11 is 0. The molecule has 1 fully saturated rings. The van der Waals surface area contributed by atoms with Gasteiger partial charge < -0.3 is 20.5 Å². The molecule has 2 aliphatic rings.